The number of hydrogen-bond acceptors (Lipinski definition) is 3. The summed E-state index contributed by atoms with van der Waals surface area (Å²) in [6.07, 6.45) is 7.14. The van der Waals surface area contributed by atoms with E-state index in [4.69, 9.17) is 9.73 Å². The highest BCUT2D eigenvalue weighted by Crippen LogP contribution is 2.43. The van der Waals surface area contributed by atoms with Crippen LogP contribution in [0, 0.1) is 11.3 Å². The van der Waals surface area contributed by atoms with E-state index in [0.717, 1.165) is 19.0 Å². The van der Waals surface area contributed by atoms with Crippen molar-refractivity contribution in [3.8, 4) is 0 Å². The van der Waals surface area contributed by atoms with Gasteiger partial charge in [0.1, 0.15) is 0 Å². The molecule has 2 aliphatic carbocycles. The van der Waals surface area contributed by atoms with Crippen molar-refractivity contribution in [3.05, 3.63) is 0 Å². The maximum absolute atomic E-state index is 11.7. The molecule has 2 saturated carbocycles. The Bertz CT molecular complexity index is 431. The van der Waals surface area contributed by atoms with Gasteiger partial charge in [-0.3, -0.25) is 4.99 Å². The molecule has 0 spiro atoms. The molecule has 6 nitrogen and oxygen atoms in total. The molecule has 0 aromatic carbocycles. The molecule has 3 N–H and O–H groups in total. The van der Waals surface area contributed by atoms with Crippen molar-refractivity contribution in [2.24, 2.45) is 16.3 Å². The van der Waals surface area contributed by atoms with E-state index >= 15 is 0 Å². The summed E-state index contributed by atoms with van der Waals surface area (Å²) in [5.74, 6) is 1.41. The number of carbonyl (C=O) groups is 1. The van der Waals surface area contributed by atoms with Gasteiger partial charge >= 0.3 is 6.09 Å². The summed E-state index contributed by atoms with van der Waals surface area (Å²) in [6, 6.07) is 0.108. The van der Waals surface area contributed by atoms with Gasteiger partial charge in [0.2, 0.25) is 0 Å². The number of nitrogens with one attached hydrogen (secondary N) is 3. The van der Waals surface area contributed by atoms with Gasteiger partial charge in [0.05, 0.1) is 12.6 Å². The first-order valence-corrected chi connectivity index (χ1v) is 9.58. The second kappa shape index (κ2) is 11.1. The molecule has 2 aliphatic rings. The lowest BCUT2D eigenvalue weighted by Crippen LogP contribution is -2.48. The summed E-state index contributed by atoms with van der Waals surface area (Å²) in [6.45, 7) is 8.98. The highest BCUT2D eigenvalue weighted by atomic mass is 127. The van der Waals surface area contributed by atoms with Crippen LogP contribution < -0.4 is 16.0 Å². The molecule has 1 atom stereocenters. The zero-order valence-electron chi connectivity index (χ0n) is 15.9. The van der Waals surface area contributed by atoms with Crippen LogP contribution in [0.2, 0.25) is 0 Å². The summed E-state index contributed by atoms with van der Waals surface area (Å²) >= 11 is 0. The topological polar surface area (TPSA) is 74.8 Å². The molecule has 1 amide bonds. The summed E-state index contributed by atoms with van der Waals surface area (Å²) in [5.41, 5.74) is 0.418. The van der Waals surface area contributed by atoms with Crippen LogP contribution in [-0.4, -0.2) is 44.3 Å². The second-order valence-electron chi connectivity index (χ2n) is 7.09. The zero-order valence-corrected chi connectivity index (χ0v) is 18.2. The van der Waals surface area contributed by atoms with Crippen LogP contribution in [0.15, 0.2) is 4.99 Å². The molecule has 0 aliphatic heterocycles. The number of aliphatic imine (C=N–C) groups is 1. The molecule has 25 heavy (non-hydrogen) atoms. The third-order valence-corrected chi connectivity index (χ3v) is 5.34. The van der Waals surface area contributed by atoms with E-state index in [2.05, 4.69) is 29.8 Å². The van der Waals surface area contributed by atoms with Crippen molar-refractivity contribution < 1.29 is 9.53 Å². The highest BCUT2D eigenvalue weighted by molar-refractivity contribution is 14.0. The lowest BCUT2D eigenvalue weighted by Gasteiger charge is -2.40. The molecule has 146 valence electrons. The van der Waals surface area contributed by atoms with Crippen LogP contribution in [0.25, 0.3) is 0 Å². The first kappa shape index (κ1) is 22.3. The Morgan fingerprint density at radius 2 is 1.96 bits per heavy atom. The number of halogens is 1. The number of alkyl carbamates (subject to hydrolysis) is 1. The van der Waals surface area contributed by atoms with Gasteiger partial charge in [0, 0.05) is 19.6 Å². The van der Waals surface area contributed by atoms with Crippen molar-refractivity contribution in [1.29, 1.82) is 0 Å². The van der Waals surface area contributed by atoms with Gasteiger partial charge in [-0.1, -0.05) is 13.3 Å². The highest BCUT2D eigenvalue weighted by Gasteiger charge is 2.35. The largest absolute Gasteiger partial charge is 0.450 e. The standard InChI is InChI=1S/C18H34N4O2.HI/c1-4-18(10-7-11-18)13-21-16(19-5-2)20-12-15(14-8-9-14)22-17(23)24-6-3;/h14-15H,4-13H2,1-3H3,(H,22,23)(H2,19,20,21);1H. The van der Waals surface area contributed by atoms with Gasteiger partial charge in [-0.05, 0) is 57.3 Å². The van der Waals surface area contributed by atoms with E-state index in [1.807, 2.05) is 6.92 Å². The molecule has 0 saturated heterocycles. The molecule has 0 bridgehead atoms. The predicted octanol–water partition coefficient (Wildman–Crippen LogP) is 3.26. The van der Waals surface area contributed by atoms with E-state index in [-0.39, 0.29) is 36.1 Å². The molecule has 2 fully saturated rings. The predicted molar refractivity (Wildman–Crippen MR) is 113 cm³/mol. The Kier molecular flexibility index (Phi) is 9.89. The van der Waals surface area contributed by atoms with Crippen LogP contribution in [0.3, 0.4) is 0 Å². The monoisotopic (exact) mass is 466 g/mol. The van der Waals surface area contributed by atoms with Crippen LogP contribution in [0.4, 0.5) is 4.79 Å². The maximum Gasteiger partial charge on any atom is 0.407 e. The molecular weight excluding hydrogens is 431 g/mol. The average Bonchev–Trinajstić information content (AvgIpc) is 3.35. The van der Waals surface area contributed by atoms with Gasteiger partial charge in [0.25, 0.3) is 0 Å². The lowest BCUT2D eigenvalue weighted by atomic mass is 9.67. The first-order valence-electron chi connectivity index (χ1n) is 9.58. The SMILES string of the molecule is CCNC(=NCC1(CC)CCC1)NCC(NC(=O)OCC)C1CC1.I. The summed E-state index contributed by atoms with van der Waals surface area (Å²) < 4.78 is 5.01. The van der Waals surface area contributed by atoms with E-state index in [1.54, 1.807) is 0 Å². The normalized spacial score (nSPS) is 19.9. The number of guanidine groups is 1. The van der Waals surface area contributed by atoms with Gasteiger partial charge in [-0.2, -0.15) is 0 Å². The van der Waals surface area contributed by atoms with Crippen LogP contribution in [-0.2, 0) is 4.74 Å². The number of amides is 1. The minimum Gasteiger partial charge on any atom is -0.450 e. The molecular formula is C18H35IN4O2. The number of hydrogen-bond donors (Lipinski definition) is 3. The van der Waals surface area contributed by atoms with Crippen molar-refractivity contribution in [2.75, 3.05) is 26.2 Å². The fourth-order valence-corrected chi connectivity index (χ4v) is 3.25. The molecule has 0 aromatic rings. The smallest absolute Gasteiger partial charge is 0.407 e. The van der Waals surface area contributed by atoms with E-state index in [1.165, 1.54) is 38.5 Å². The lowest BCUT2D eigenvalue weighted by molar-refractivity contribution is 0.139. The Hall–Kier alpha value is -0.730. The minimum absolute atomic E-state index is 0. The fraction of sp³-hybridized carbons (Fsp3) is 0.889. The Morgan fingerprint density at radius 1 is 1.24 bits per heavy atom. The van der Waals surface area contributed by atoms with E-state index in [9.17, 15) is 4.79 Å². The molecule has 0 heterocycles. The Morgan fingerprint density at radius 3 is 2.44 bits per heavy atom. The third-order valence-electron chi connectivity index (χ3n) is 5.34. The van der Waals surface area contributed by atoms with Gasteiger partial charge in [-0.25, -0.2) is 4.79 Å². The molecule has 2 rings (SSSR count). The van der Waals surface area contributed by atoms with Crippen LogP contribution in [0.5, 0.6) is 0 Å². The first-order chi connectivity index (χ1) is 11.6. The summed E-state index contributed by atoms with van der Waals surface area (Å²) in [5, 5.41) is 9.70. The minimum atomic E-state index is -0.322. The van der Waals surface area contributed by atoms with Gasteiger partial charge < -0.3 is 20.7 Å². The number of rotatable bonds is 9. The Labute approximate surface area is 169 Å². The second-order valence-corrected chi connectivity index (χ2v) is 7.09. The van der Waals surface area contributed by atoms with Crippen LogP contribution >= 0.6 is 24.0 Å². The van der Waals surface area contributed by atoms with Crippen molar-refractivity contribution >= 4 is 36.0 Å². The van der Waals surface area contributed by atoms with E-state index in [0.29, 0.717) is 24.5 Å². The third kappa shape index (κ3) is 7.19. The average molecular weight is 466 g/mol. The summed E-state index contributed by atoms with van der Waals surface area (Å²) in [4.78, 5) is 16.5. The van der Waals surface area contributed by atoms with E-state index < -0.39 is 0 Å². The number of nitrogens with zero attached hydrogens (tertiary/aromatic N) is 1. The van der Waals surface area contributed by atoms with Crippen molar-refractivity contribution in [2.45, 2.75) is 65.3 Å². The molecule has 0 aromatic heterocycles. The summed E-state index contributed by atoms with van der Waals surface area (Å²) in [7, 11) is 0. The molecule has 1 unspecified atom stereocenters. The van der Waals surface area contributed by atoms with Crippen molar-refractivity contribution in [3.63, 3.8) is 0 Å². The van der Waals surface area contributed by atoms with Crippen molar-refractivity contribution in [1.82, 2.24) is 16.0 Å². The van der Waals surface area contributed by atoms with Crippen LogP contribution in [0.1, 0.15) is 59.3 Å². The molecule has 0 radical (unpaired) electrons. The quantitative estimate of drug-likeness (QED) is 0.277. The van der Waals surface area contributed by atoms with Gasteiger partial charge in [0.15, 0.2) is 5.96 Å². The van der Waals surface area contributed by atoms with Gasteiger partial charge in [-0.15, -0.1) is 24.0 Å². The number of ether oxygens (including phenoxy) is 1. The number of carbonyl (C=O) groups excluding carboxylic acids is 1. The Balaban J connectivity index is 0.00000312. The maximum atomic E-state index is 11.7. The molecule has 7 heteroatoms. The zero-order chi connectivity index (χ0) is 17.4. The fourth-order valence-electron chi connectivity index (χ4n) is 3.25.